The number of ether oxygens (including phenoxy) is 3. The van der Waals surface area contributed by atoms with E-state index < -0.39 is 29.8 Å². The lowest BCUT2D eigenvalue weighted by atomic mass is 9.98. The molecule has 4 aromatic rings. The zero-order valence-corrected chi connectivity index (χ0v) is 23.0. The Morgan fingerprint density at radius 3 is 2.56 bits per heavy atom. The topological polar surface area (TPSA) is 85.9 Å². The van der Waals surface area contributed by atoms with Crippen molar-refractivity contribution in [1.82, 2.24) is 5.32 Å². The highest BCUT2D eigenvalue weighted by Crippen LogP contribution is 2.44. The molecule has 0 radical (unpaired) electrons. The minimum atomic E-state index is -1.16. The van der Waals surface area contributed by atoms with Crippen LogP contribution >= 0.6 is 11.6 Å². The highest BCUT2D eigenvalue weighted by molar-refractivity contribution is 6.30. The number of carbonyl (C=O) groups excluding carboxylic acids is 2. The first kappa shape index (κ1) is 28.1. The lowest BCUT2D eigenvalue weighted by Crippen LogP contribution is -2.35. The van der Waals surface area contributed by atoms with E-state index in [1.165, 1.54) is 13.2 Å². The van der Waals surface area contributed by atoms with Gasteiger partial charge in [0.1, 0.15) is 24.6 Å². The van der Waals surface area contributed by atoms with Crippen molar-refractivity contribution in [3.8, 4) is 11.5 Å². The van der Waals surface area contributed by atoms with E-state index in [1.54, 1.807) is 42.5 Å². The molecule has 2 amide bonds. The molecule has 0 aromatic heterocycles. The summed E-state index contributed by atoms with van der Waals surface area (Å²) < 4.78 is 32.3. The number of nitrogens with one attached hydrogen (secondary N) is 2. The molecule has 0 bridgehead atoms. The molecule has 210 valence electrons. The van der Waals surface area contributed by atoms with Crippen LogP contribution in [-0.4, -0.2) is 25.0 Å². The fraction of sp³-hybridized carbons (Fsp3) is 0.188. The van der Waals surface area contributed by atoms with Gasteiger partial charge in [0, 0.05) is 33.9 Å². The molecule has 0 fully saturated rings. The maximum Gasteiger partial charge on any atom is 0.254 e. The Bertz CT molecular complexity index is 1550. The second-order valence-electron chi connectivity index (χ2n) is 9.45. The molecule has 2 N–H and O–H groups in total. The lowest BCUT2D eigenvalue weighted by Gasteiger charge is -2.24. The average Bonchev–Trinajstić information content (AvgIpc) is 3.11. The van der Waals surface area contributed by atoms with Gasteiger partial charge in [0.25, 0.3) is 5.91 Å². The Morgan fingerprint density at radius 1 is 1.00 bits per heavy atom. The molecule has 1 heterocycles. The monoisotopic (exact) mass is 574 g/mol. The van der Waals surface area contributed by atoms with Crippen LogP contribution in [0.4, 0.5) is 10.1 Å². The van der Waals surface area contributed by atoms with Crippen molar-refractivity contribution >= 4 is 29.1 Å². The molecule has 4 aromatic carbocycles. The largest absolute Gasteiger partial charge is 0.492 e. The number of halogens is 2. The van der Waals surface area contributed by atoms with Gasteiger partial charge in [0.05, 0.1) is 13.5 Å². The van der Waals surface area contributed by atoms with Crippen molar-refractivity contribution in [3.05, 3.63) is 124 Å². The van der Waals surface area contributed by atoms with Crippen molar-refractivity contribution in [2.75, 3.05) is 12.4 Å². The maximum atomic E-state index is 14.0. The van der Waals surface area contributed by atoms with E-state index in [4.69, 9.17) is 25.8 Å². The van der Waals surface area contributed by atoms with Gasteiger partial charge >= 0.3 is 0 Å². The SMILES string of the molecule is COc1c(OCc2ccccc2)cccc1C1OC(CC(=O)NCc2ccccc2F)C(=O)Nc2ccc(Cl)cc21. The highest BCUT2D eigenvalue weighted by Gasteiger charge is 2.35. The number of hydrogen-bond acceptors (Lipinski definition) is 5. The number of carbonyl (C=O) groups is 2. The third-order valence-electron chi connectivity index (χ3n) is 6.68. The zero-order valence-electron chi connectivity index (χ0n) is 22.2. The van der Waals surface area contributed by atoms with Crippen LogP contribution in [0, 0.1) is 5.82 Å². The second-order valence-corrected chi connectivity index (χ2v) is 9.89. The van der Waals surface area contributed by atoms with Gasteiger partial charge in [-0.05, 0) is 35.9 Å². The molecule has 0 aliphatic carbocycles. The number of para-hydroxylation sites is 1. The van der Waals surface area contributed by atoms with Crippen molar-refractivity contribution in [3.63, 3.8) is 0 Å². The normalized spacial score (nSPS) is 16.2. The Kier molecular flexibility index (Phi) is 8.82. The Hall–Kier alpha value is -4.40. The molecule has 2 unspecified atom stereocenters. The smallest absolute Gasteiger partial charge is 0.254 e. The van der Waals surface area contributed by atoms with Gasteiger partial charge in [-0.15, -0.1) is 0 Å². The summed E-state index contributed by atoms with van der Waals surface area (Å²) in [5.74, 6) is -0.471. The fourth-order valence-corrected chi connectivity index (χ4v) is 4.82. The predicted molar refractivity (Wildman–Crippen MR) is 153 cm³/mol. The van der Waals surface area contributed by atoms with Crippen LogP contribution in [0.3, 0.4) is 0 Å². The molecule has 0 spiro atoms. The fourth-order valence-electron chi connectivity index (χ4n) is 4.64. The minimum absolute atomic E-state index is 0.0201. The second kappa shape index (κ2) is 12.8. The van der Waals surface area contributed by atoms with Crippen LogP contribution in [0.5, 0.6) is 11.5 Å². The zero-order chi connectivity index (χ0) is 28.8. The molecule has 1 aliphatic rings. The summed E-state index contributed by atoms with van der Waals surface area (Å²) in [4.78, 5) is 26.1. The Labute approximate surface area is 242 Å². The lowest BCUT2D eigenvalue weighted by molar-refractivity contribution is -0.136. The van der Waals surface area contributed by atoms with Gasteiger partial charge in [0.15, 0.2) is 11.5 Å². The van der Waals surface area contributed by atoms with Crippen molar-refractivity contribution in [2.24, 2.45) is 0 Å². The van der Waals surface area contributed by atoms with Crippen LogP contribution in [0.1, 0.15) is 34.8 Å². The molecule has 2 atom stereocenters. The number of fused-ring (bicyclic) bond motifs is 1. The Balaban J connectivity index is 1.43. The number of amides is 2. The van der Waals surface area contributed by atoms with Crippen LogP contribution in [0.2, 0.25) is 5.02 Å². The highest BCUT2D eigenvalue weighted by atomic mass is 35.5. The van der Waals surface area contributed by atoms with Gasteiger partial charge < -0.3 is 24.8 Å². The van der Waals surface area contributed by atoms with Crippen molar-refractivity contribution < 1.29 is 28.2 Å². The summed E-state index contributed by atoms with van der Waals surface area (Å²) in [7, 11) is 1.53. The summed E-state index contributed by atoms with van der Waals surface area (Å²) in [5, 5.41) is 5.97. The van der Waals surface area contributed by atoms with E-state index in [0.717, 1.165) is 5.56 Å². The standard InChI is InChI=1S/C32H28ClFN2O5/c1-39-31-23(11-7-13-27(31)40-19-20-8-3-2-4-9-20)30-24-16-22(33)14-15-26(24)36-32(38)28(41-30)17-29(37)35-18-21-10-5-6-12-25(21)34/h2-16,28,30H,17-19H2,1H3,(H,35,37)(H,36,38). The number of benzene rings is 4. The molecular weight excluding hydrogens is 547 g/mol. The first-order chi connectivity index (χ1) is 19.9. The van der Waals surface area contributed by atoms with Gasteiger partial charge in [0.2, 0.25) is 5.91 Å². The number of methoxy groups -OCH3 is 1. The molecule has 0 saturated heterocycles. The first-order valence-corrected chi connectivity index (χ1v) is 13.4. The summed E-state index contributed by atoms with van der Waals surface area (Å²) in [6, 6.07) is 26.4. The number of hydrogen-bond donors (Lipinski definition) is 2. The van der Waals surface area contributed by atoms with E-state index in [0.29, 0.717) is 45.5 Å². The number of anilines is 1. The van der Waals surface area contributed by atoms with E-state index >= 15 is 0 Å². The first-order valence-electron chi connectivity index (χ1n) is 13.0. The van der Waals surface area contributed by atoms with Crippen molar-refractivity contribution in [1.29, 1.82) is 0 Å². The van der Waals surface area contributed by atoms with Crippen LogP contribution in [0.25, 0.3) is 0 Å². The predicted octanol–water partition coefficient (Wildman–Crippen LogP) is 6.20. The van der Waals surface area contributed by atoms with Crippen LogP contribution in [-0.2, 0) is 27.5 Å². The molecule has 1 aliphatic heterocycles. The van der Waals surface area contributed by atoms with Crippen molar-refractivity contribution in [2.45, 2.75) is 31.8 Å². The molecule has 5 rings (SSSR count). The maximum absolute atomic E-state index is 14.0. The molecule has 7 nitrogen and oxygen atoms in total. The minimum Gasteiger partial charge on any atom is -0.492 e. The molecular formula is C32H28ClFN2O5. The van der Waals surface area contributed by atoms with Crippen LogP contribution in [0.15, 0.2) is 91.0 Å². The van der Waals surface area contributed by atoms with E-state index in [1.807, 2.05) is 42.5 Å². The van der Waals surface area contributed by atoms with E-state index in [2.05, 4.69) is 10.6 Å². The average molecular weight is 575 g/mol. The third kappa shape index (κ3) is 6.67. The van der Waals surface area contributed by atoms with Gasteiger partial charge in [-0.1, -0.05) is 72.3 Å². The van der Waals surface area contributed by atoms with E-state index in [-0.39, 0.29) is 13.0 Å². The van der Waals surface area contributed by atoms with Crippen LogP contribution < -0.4 is 20.1 Å². The summed E-state index contributed by atoms with van der Waals surface area (Å²) in [6.45, 7) is 0.299. The van der Waals surface area contributed by atoms with Gasteiger partial charge in [-0.25, -0.2) is 4.39 Å². The summed E-state index contributed by atoms with van der Waals surface area (Å²) in [5.41, 5.74) is 3.01. The molecule has 9 heteroatoms. The van der Waals surface area contributed by atoms with Gasteiger partial charge in [-0.3, -0.25) is 9.59 Å². The Morgan fingerprint density at radius 2 is 1.78 bits per heavy atom. The summed E-state index contributed by atoms with van der Waals surface area (Å²) in [6.07, 6.45) is -2.28. The number of rotatable bonds is 9. The molecule has 41 heavy (non-hydrogen) atoms. The van der Waals surface area contributed by atoms with Gasteiger partial charge in [-0.2, -0.15) is 0 Å². The van der Waals surface area contributed by atoms with E-state index in [9.17, 15) is 14.0 Å². The summed E-state index contributed by atoms with van der Waals surface area (Å²) >= 11 is 6.36. The third-order valence-corrected chi connectivity index (χ3v) is 6.92. The molecule has 0 saturated carbocycles. The quantitative estimate of drug-likeness (QED) is 0.249.